The number of carbonyl (C=O) groups excluding carboxylic acids is 1. The normalized spacial score (nSPS) is 11.1. The molecule has 0 saturated carbocycles. The molecule has 0 aromatic heterocycles. The van der Waals surface area contributed by atoms with Gasteiger partial charge in [-0.25, -0.2) is 4.79 Å². The molecule has 0 saturated heterocycles. The van der Waals surface area contributed by atoms with Gasteiger partial charge in [0.1, 0.15) is 6.61 Å². The molecule has 0 atom stereocenters. The molecule has 0 bridgehead atoms. The highest BCUT2D eigenvalue weighted by atomic mass is 16.5. The molecule has 1 rings (SSSR count). The highest BCUT2D eigenvalue weighted by molar-refractivity contribution is 5.89. The van der Waals surface area contributed by atoms with Crippen molar-refractivity contribution in [2.45, 2.75) is 33.6 Å². The number of likely N-dealkylation sites (N-methyl/N-ethyl adjacent to an activating group) is 1. The molecule has 0 spiro atoms. The predicted octanol–water partition coefficient (Wildman–Crippen LogP) is 3.31. The molecule has 3 nitrogen and oxygen atoms in total. The van der Waals surface area contributed by atoms with Gasteiger partial charge in [-0.3, -0.25) is 0 Å². The van der Waals surface area contributed by atoms with Crippen LogP contribution in [0.2, 0.25) is 0 Å². The van der Waals surface area contributed by atoms with Crippen LogP contribution in [0.3, 0.4) is 0 Å². The number of benzene rings is 1. The van der Waals surface area contributed by atoms with Crippen LogP contribution in [0.25, 0.3) is 0 Å². The lowest BCUT2D eigenvalue weighted by atomic mass is 10.0. The SMILES string of the molecule is CCN(CC)CCOC(=O)c1ccc(C(C)C)cc1. The summed E-state index contributed by atoms with van der Waals surface area (Å²) in [6.45, 7) is 11.7. The van der Waals surface area contributed by atoms with Gasteiger partial charge >= 0.3 is 5.97 Å². The van der Waals surface area contributed by atoms with Crippen LogP contribution in [0.1, 0.15) is 49.5 Å². The van der Waals surface area contributed by atoms with Crippen molar-refractivity contribution in [3.8, 4) is 0 Å². The van der Waals surface area contributed by atoms with Gasteiger partial charge in [0.05, 0.1) is 5.56 Å². The minimum absolute atomic E-state index is 0.234. The van der Waals surface area contributed by atoms with Crippen molar-refractivity contribution < 1.29 is 9.53 Å². The largest absolute Gasteiger partial charge is 0.461 e. The molecule has 0 aliphatic carbocycles. The number of ether oxygens (including phenoxy) is 1. The van der Waals surface area contributed by atoms with Crippen molar-refractivity contribution in [1.82, 2.24) is 4.90 Å². The molecule has 3 heteroatoms. The van der Waals surface area contributed by atoms with Crippen LogP contribution in [0.15, 0.2) is 24.3 Å². The van der Waals surface area contributed by atoms with Crippen LogP contribution in [0.5, 0.6) is 0 Å². The van der Waals surface area contributed by atoms with Crippen LogP contribution in [-0.4, -0.2) is 37.1 Å². The van der Waals surface area contributed by atoms with Gasteiger partial charge in [0, 0.05) is 6.54 Å². The second-order valence-electron chi connectivity index (χ2n) is 4.94. The predicted molar refractivity (Wildman–Crippen MR) is 78.6 cm³/mol. The molecule has 0 N–H and O–H groups in total. The van der Waals surface area contributed by atoms with Crippen molar-refractivity contribution in [2.24, 2.45) is 0 Å². The minimum atomic E-state index is -0.234. The lowest BCUT2D eigenvalue weighted by molar-refractivity contribution is 0.0466. The summed E-state index contributed by atoms with van der Waals surface area (Å²) in [5, 5.41) is 0. The van der Waals surface area contributed by atoms with E-state index >= 15 is 0 Å². The molecule has 0 aliphatic heterocycles. The van der Waals surface area contributed by atoms with Crippen LogP contribution >= 0.6 is 0 Å². The van der Waals surface area contributed by atoms with E-state index in [1.165, 1.54) is 5.56 Å². The first kappa shape index (κ1) is 15.7. The van der Waals surface area contributed by atoms with E-state index in [0.29, 0.717) is 18.1 Å². The Bertz CT molecular complexity index is 380. The van der Waals surface area contributed by atoms with Crippen LogP contribution in [0.4, 0.5) is 0 Å². The maximum Gasteiger partial charge on any atom is 0.338 e. The standard InChI is InChI=1S/C16H25NO2/c1-5-17(6-2)11-12-19-16(18)15-9-7-14(8-10-15)13(3)4/h7-10,13H,5-6,11-12H2,1-4H3. The number of carbonyl (C=O) groups is 1. The smallest absolute Gasteiger partial charge is 0.338 e. The fourth-order valence-corrected chi connectivity index (χ4v) is 1.89. The van der Waals surface area contributed by atoms with E-state index in [9.17, 15) is 4.79 Å². The summed E-state index contributed by atoms with van der Waals surface area (Å²) in [6, 6.07) is 7.67. The first-order chi connectivity index (χ1) is 9.08. The minimum Gasteiger partial charge on any atom is -0.461 e. The third kappa shape index (κ3) is 5.03. The number of esters is 1. The molecule has 19 heavy (non-hydrogen) atoms. The van der Waals surface area contributed by atoms with Crippen LogP contribution < -0.4 is 0 Å². The first-order valence-electron chi connectivity index (χ1n) is 7.07. The summed E-state index contributed by atoms with van der Waals surface area (Å²) in [5.74, 6) is 0.246. The van der Waals surface area contributed by atoms with Crippen molar-refractivity contribution in [3.63, 3.8) is 0 Å². The zero-order valence-corrected chi connectivity index (χ0v) is 12.5. The molecular formula is C16H25NO2. The Labute approximate surface area is 116 Å². The van der Waals surface area contributed by atoms with E-state index in [-0.39, 0.29) is 5.97 Å². The van der Waals surface area contributed by atoms with E-state index in [1.807, 2.05) is 24.3 Å². The van der Waals surface area contributed by atoms with Crippen molar-refractivity contribution in [3.05, 3.63) is 35.4 Å². The Morgan fingerprint density at radius 2 is 1.74 bits per heavy atom. The topological polar surface area (TPSA) is 29.5 Å². The fraction of sp³-hybridized carbons (Fsp3) is 0.562. The Hall–Kier alpha value is -1.35. The monoisotopic (exact) mass is 263 g/mol. The summed E-state index contributed by atoms with van der Waals surface area (Å²) < 4.78 is 5.28. The molecule has 1 aromatic rings. The second-order valence-corrected chi connectivity index (χ2v) is 4.94. The van der Waals surface area contributed by atoms with Crippen LogP contribution in [-0.2, 0) is 4.74 Å². The van der Waals surface area contributed by atoms with E-state index < -0.39 is 0 Å². The lowest BCUT2D eigenvalue weighted by Gasteiger charge is -2.17. The van der Waals surface area contributed by atoms with Gasteiger partial charge in [-0.1, -0.05) is 39.8 Å². The molecule has 0 radical (unpaired) electrons. The van der Waals surface area contributed by atoms with Crippen molar-refractivity contribution >= 4 is 5.97 Å². The number of hydrogen-bond acceptors (Lipinski definition) is 3. The van der Waals surface area contributed by atoms with E-state index in [2.05, 4.69) is 32.6 Å². The number of nitrogens with zero attached hydrogens (tertiary/aromatic N) is 1. The Kier molecular flexibility index (Phi) is 6.57. The maximum atomic E-state index is 11.8. The molecule has 0 aliphatic rings. The van der Waals surface area contributed by atoms with E-state index in [4.69, 9.17) is 4.74 Å². The van der Waals surface area contributed by atoms with Gasteiger partial charge in [-0.2, -0.15) is 0 Å². The van der Waals surface area contributed by atoms with Gasteiger partial charge in [0.2, 0.25) is 0 Å². The Morgan fingerprint density at radius 3 is 2.21 bits per heavy atom. The summed E-state index contributed by atoms with van der Waals surface area (Å²) in [7, 11) is 0. The Balaban J connectivity index is 2.45. The summed E-state index contributed by atoms with van der Waals surface area (Å²) >= 11 is 0. The molecular weight excluding hydrogens is 238 g/mol. The highest BCUT2D eigenvalue weighted by Crippen LogP contribution is 2.15. The number of rotatable bonds is 7. The van der Waals surface area contributed by atoms with Crippen molar-refractivity contribution in [2.75, 3.05) is 26.2 Å². The zero-order valence-electron chi connectivity index (χ0n) is 12.5. The molecule has 0 amide bonds. The van der Waals surface area contributed by atoms with E-state index in [0.717, 1.165) is 19.6 Å². The number of hydrogen-bond donors (Lipinski definition) is 0. The fourth-order valence-electron chi connectivity index (χ4n) is 1.89. The molecule has 1 aromatic carbocycles. The molecule has 0 unspecified atom stereocenters. The summed E-state index contributed by atoms with van der Waals surface area (Å²) in [6.07, 6.45) is 0. The highest BCUT2D eigenvalue weighted by Gasteiger charge is 2.08. The van der Waals surface area contributed by atoms with Gasteiger partial charge in [-0.05, 0) is 36.7 Å². The molecule has 106 valence electrons. The lowest BCUT2D eigenvalue weighted by Crippen LogP contribution is -2.27. The van der Waals surface area contributed by atoms with Crippen LogP contribution in [0, 0.1) is 0 Å². The summed E-state index contributed by atoms with van der Waals surface area (Å²) in [4.78, 5) is 14.1. The average Bonchev–Trinajstić information content (AvgIpc) is 2.43. The third-order valence-corrected chi connectivity index (χ3v) is 3.35. The second kappa shape index (κ2) is 7.95. The quantitative estimate of drug-likeness (QED) is 0.707. The first-order valence-corrected chi connectivity index (χ1v) is 7.07. The molecule has 0 fully saturated rings. The third-order valence-electron chi connectivity index (χ3n) is 3.35. The average molecular weight is 263 g/mol. The zero-order chi connectivity index (χ0) is 14.3. The van der Waals surface area contributed by atoms with Gasteiger partial charge in [-0.15, -0.1) is 0 Å². The molecule has 0 heterocycles. The van der Waals surface area contributed by atoms with Crippen molar-refractivity contribution in [1.29, 1.82) is 0 Å². The maximum absolute atomic E-state index is 11.8. The summed E-state index contributed by atoms with van der Waals surface area (Å²) in [5.41, 5.74) is 1.86. The van der Waals surface area contributed by atoms with Gasteiger partial charge in [0.25, 0.3) is 0 Å². The van der Waals surface area contributed by atoms with E-state index in [1.54, 1.807) is 0 Å². The van der Waals surface area contributed by atoms with Gasteiger partial charge < -0.3 is 9.64 Å². The Morgan fingerprint density at radius 1 is 1.16 bits per heavy atom. The van der Waals surface area contributed by atoms with Gasteiger partial charge in [0.15, 0.2) is 0 Å².